The Morgan fingerprint density at radius 2 is 1.96 bits per heavy atom. The molecule has 8 heteroatoms. The van der Waals surface area contributed by atoms with E-state index in [0.717, 1.165) is 0 Å². The number of nitrogens with one attached hydrogen (secondary N) is 1. The Kier molecular flexibility index (Phi) is 5.53. The van der Waals surface area contributed by atoms with Crippen molar-refractivity contribution in [3.63, 3.8) is 0 Å². The number of rotatable bonds is 4. The van der Waals surface area contributed by atoms with Crippen molar-refractivity contribution < 1.29 is 18.3 Å². The molecule has 0 spiro atoms. The van der Waals surface area contributed by atoms with Crippen LogP contribution in [0.1, 0.15) is 15.9 Å². The molecule has 0 aliphatic rings. The van der Waals surface area contributed by atoms with Gasteiger partial charge in [0, 0.05) is 10.6 Å². The number of amides is 1. The Morgan fingerprint density at radius 3 is 2.52 bits per heavy atom. The highest BCUT2D eigenvalue weighted by atomic mass is 79.9. The Balaban J connectivity index is 2.30. The fourth-order valence-electron chi connectivity index (χ4n) is 1.75. The van der Waals surface area contributed by atoms with Crippen LogP contribution in [0, 0.1) is 11.3 Å². The second-order valence-corrected chi connectivity index (χ2v) is 5.58. The van der Waals surface area contributed by atoms with Crippen LogP contribution in [0.5, 0.6) is 5.75 Å². The normalized spacial score (nSPS) is 10.3. The van der Waals surface area contributed by atoms with Crippen LogP contribution in [0.25, 0.3) is 0 Å². The highest BCUT2D eigenvalue weighted by Crippen LogP contribution is 2.37. The first-order valence-electron chi connectivity index (χ1n) is 6.16. The third-order valence-electron chi connectivity index (χ3n) is 2.74. The number of hydrogen-bond donors (Lipinski definition) is 1. The van der Waals surface area contributed by atoms with Gasteiger partial charge < -0.3 is 10.1 Å². The molecule has 1 N–H and O–H groups in total. The van der Waals surface area contributed by atoms with Crippen LogP contribution < -0.4 is 10.1 Å². The van der Waals surface area contributed by atoms with E-state index in [4.69, 9.17) is 16.9 Å². The molecule has 0 aliphatic heterocycles. The summed E-state index contributed by atoms with van der Waals surface area (Å²) < 4.78 is 29.6. The molecule has 0 bridgehead atoms. The molecule has 1 amide bonds. The van der Waals surface area contributed by atoms with Gasteiger partial charge in [-0.25, -0.2) is 0 Å². The fraction of sp³-hybridized carbons (Fsp3) is 0.0667. The summed E-state index contributed by atoms with van der Waals surface area (Å²) in [5, 5.41) is 11.4. The lowest BCUT2D eigenvalue weighted by Gasteiger charge is -2.14. The van der Waals surface area contributed by atoms with Crippen LogP contribution in [0.3, 0.4) is 0 Å². The topological polar surface area (TPSA) is 62.1 Å². The first kappa shape index (κ1) is 17.2. The average Bonchev–Trinajstić information content (AvgIpc) is 2.50. The van der Waals surface area contributed by atoms with Crippen molar-refractivity contribution in [3.05, 3.63) is 57.0 Å². The molecule has 0 unspecified atom stereocenters. The second-order valence-electron chi connectivity index (χ2n) is 4.29. The first-order chi connectivity index (χ1) is 10.9. The highest BCUT2D eigenvalue weighted by molar-refractivity contribution is 9.10. The number of benzene rings is 2. The van der Waals surface area contributed by atoms with Gasteiger partial charge in [0.1, 0.15) is 0 Å². The molecule has 4 nitrogen and oxygen atoms in total. The van der Waals surface area contributed by atoms with Crippen molar-refractivity contribution in [2.75, 3.05) is 5.32 Å². The minimum absolute atomic E-state index is 0.000894. The first-order valence-corrected chi connectivity index (χ1v) is 7.33. The third-order valence-corrected chi connectivity index (χ3v) is 3.55. The summed E-state index contributed by atoms with van der Waals surface area (Å²) >= 11 is 8.93. The number of hydrogen-bond acceptors (Lipinski definition) is 3. The zero-order valence-electron chi connectivity index (χ0n) is 11.3. The van der Waals surface area contributed by atoms with E-state index in [1.165, 1.54) is 36.4 Å². The molecule has 0 aliphatic carbocycles. The predicted molar refractivity (Wildman–Crippen MR) is 84.9 cm³/mol. The van der Waals surface area contributed by atoms with Gasteiger partial charge in [-0.2, -0.15) is 14.0 Å². The molecule has 2 aromatic rings. The summed E-state index contributed by atoms with van der Waals surface area (Å²) in [5.41, 5.74) is 0.649. The van der Waals surface area contributed by atoms with Crippen LogP contribution >= 0.6 is 27.5 Å². The maximum Gasteiger partial charge on any atom is 0.387 e. The van der Waals surface area contributed by atoms with E-state index in [0.29, 0.717) is 5.56 Å². The molecular weight excluding hydrogens is 394 g/mol. The number of nitriles is 1. The van der Waals surface area contributed by atoms with Crippen molar-refractivity contribution in [3.8, 4) is 11.8 Å². The Bertz CT molecular complexity index is 776. The summed E-state index contributed by atoms with van der Waals surface area (Å²) in [6.07, 6.45) is 0. The van der Waals surface area contributed by atoms with Gasteiger partial charge in [-0.05, 0) is 52.3 Å². The van der Waals surface area contributed by atoms with E-state index in [1.807, 2.05) is 6.07 Å². The number of nitrogens with zero attached hydrogens (tertiary/aromatic N) is 1. The minimum Gasteiger partial charge on any atom is -0.431 e. The lowest BCUT2D eigenvalue weighted by atomic mass is 10.1. The van der Waals surface area contributed by atoms with Crippen molar-refractivity contribution >= 4 is 39.1 Å². The number of carbonyl (C=O) groups excluding carboxylic acids is 1. The number of ether oxygens (including phenoxy) is 1. The number of halogens is 4. The zero-order chi connectivity index (χ0) is 17.0. The molecule has 0 saturated heterocycles. The van der Waals surface area contributed by atoms with E-state index < -0.39 is 12.5 Å². The molecule has 0 fully saturated rings. The van der Waals surface area contributed by atoms with Crippen LogP contribution in [-0.2, 0) is 0 Å². The molecule has 0 aromatic heterocycles. The molecule has 0 radical (unpaired) electrons. The van der Waals surface area contributed by atoms with Gasteiger partial charge in [0.25, 0.3) is 5.91 Å². The predicted octanol–water partition coefficient (Wildman–Crippen LogP) is 4.83. The van der Waals surface area contributed by atoms with Gasteiger partial charge in [0.15, 0.2) is 5.75 Å². The molecule has 0 heterocycles. The molecule has 2 rings (SSSR count). The van der Waals surface area contributed by atoms with Crippen LogP contribution in [-0.4, -0.2) is 12.5 Å². The Morgan fingerprint density at radius 1 is 1.30 bits per heavy atom. The van der Waals surface area contributed by atoms with Crippen LogP contribution in [0.15, 0.2) is 40.9 Å². The van der Waals surface area contributed by atoms with Gasteiger partial charge >= 0.3 is 6.61 Å². The SMILES string of the molecule is N#Cc1ccc(C(=O)Nc2cc(Cl)cc(Br)c2OC(F)F)cc1. The molecule has 118 valence electrons. The Labute approximate surface area is 143 Å². The van der Waals surface area contributed by atoms with Gasteiger partial charge in [-0.3, -0.25) is 4.79 Å². The molecular formula is C15H8BrClF2N2O2. The van der Waals surface area contributed by atoms with E-state index in [9.17, 15) is 13.6 Å². The quantitative estimate of drug-likeness (QED) is 0.798. The molecule has 0 atom stereocenters. The lowest BCUT2D eigenvalue weighted by molar-refractivity contribution is -0.0498. The molecule has 0 saturated carbocycles. The molecule has 2 aromatic carbocycles. The zero-order valence-corrected chi connectivity index (χ0v) is 13.7. The van der Waals surface area contributed by atoms with E-state index in [1.54, 1.807) is 0 Å². The molecule has 23 heavy (non-hydrogen) atoms. The second kappa shape index (κ2) is 7.40. The van der Waals surface area contributed by atoms with E-state index in [2.05, 4.69) is 26.0 Å². The number of alkyl halides is 2. The number of carbonyl (C=O) groups is 1. The number of anilines is 1. The van der Waals surface area contributed by atoms with Crippen molar-refractivity contribution in [1.82, 2.24) is 0 Å². The fourth-order valence-corrected chi connectivity index (χ4v) is 2.66. The standard InChI is InChI=1S/C15H8BrClF2N2O2/c16-11-5-10(17)6-12(13(11)23-15(18)19)21-14(22)9-3-1-8(7-20)2-4-9/h1-6,15H,(H,21,22). The summed E-state index contributed by atoms with van der Waals surface area (Å²) in [5.74, 6) is -0.783. The van der Waals surface area contributed by atoms with Crippen LogP contribution in [0.2, 0.25) is 5.02 Å². The highest BCUT2D eigenvalue weighted by Gasteiger charge is 2.17. The summed E-state index contributed by atoms with van der Waals surface area (Å²) in [4.78, 5) is 12.2. The van der Waals surface area contributed by atoms with Crippen LogP contribution in [0.4, 0.5) is 14.5 Å². The summed E-state index contributed by atoms with van der Waals surface area (Å²) in [6, 6.07) is 10.4. The van der Waals surface area contributed by atoms with E-state index in [-0.39, 0.29) is 26.5 Å². The third kappa shape index (κ3) is 4.41. The van der Waals surface area contributed by atoms with Gasteiger partial charge in [-0.1, -0.05) is 11.6 Å². The van der Waals surface area contributed by atoms with Gasteiger partial charge in [0.05, 0.1) is 21.8 Å². The Hall–Kier alpha value is -2.17. The minimum atomic E-state index is -3.06. The van der Waals surface area contributed by atoms with Crippen molar-refractivity contribution in [2.24, 2.45) is 0 Å². The van der Waals surface area contributed by atoms with Crippen molar-refractivity contribution in [1.29, 1.82) is 5.26 Å². The monoisotopic (exact) mass is 400 g/mol. The van der Waals surface area contributed by atoms with Gasteiger partial charge in [0.2, 0.25) is 0 Å². The van der Waals surface area contributed by atoms with Crippen molar-refractivity contribution in [2.45, 2.75) is 6.61 Å². The van der Waals surface area contributed by atoms with E-state index >= 15 is 0 Å². The summed E-state index contributed by atoms with van der Waals surface area (Å²) in [7, 11) is 0. The maximum absolute atomic E-state index is 12.5. The lowest BCUT2D eigenvalue weighted by Crippen LogP contribution is -2.14. The summed E-state index contributed by atoms with van der Waals surface area (Å²) in [6.45, 7) is -3.06. The smallest absolute Gasteiger partial charge is 0.387 e. The largest absolute Gasteiger partial charge is 0.431 e. The maximum atomic E-state index is 12.5. The van der Waals surface area contributed by atoms with Gasteiger partial charge in [-0.15, -0.1) is 0 Å². The average molecular weight is 402 g/mol.